The molecule has 3 amide bonds. The first-order valence-corrected chi connectivity index (χ1v) is 12.7. The fraction of sp³-hybridized carbons (Fsp3) is 0.241. The Morgan fingerprint density at radius 1 is 0.881 bits per heavy atom. The number of fused-ring (bicyclic) bond motifs is 1. The molecule has 1 fully saturated rings. The Hall–Kier alpha value is -5.07. The van der Waals surface area contributed by atoms with Crippen LogP contribution < -0.4 is 28.7 Å². The van der Waals surface area contributed by atoms with Crippen molar-refractivity contribution in [1.29, 1.82) is 0 Å². The van der Waals surface area contributed by atoms with E-state index in [0.29, 0.717) is 33.7 Å². The van der Waals surface area contributed by atoms with Gasteiger partial charge >= 0.3 is 12.4 Å². The maximum Gasteiger partial charge on any atom is 0.573 e. The second-order valence-corrected chi connectivity index (χ2v) is 9.53. The molecule has 42 heavy (non-hydrogen) atoms. The average Bonchev–Trinajstić information content (AvgIpc) is 3.25. The zero-order valence-electron chi connectivity index (χ0n) is 22.9. The molecule has 1 aliphatic rings. The van der Waals surface area contributed by atoms with Crippen molar-refractivity contribution in [3.05, 3.63) is 66.5 Å². The van der Waals surface area contributed by atoms with Crippen LogP contribution in [0.15, 0.2) is 60.9 Å². The number of alkyl halides is 3. The molecule has 4 aromatic rings. The monoisotopic (exact) mass is 582 g/mol. The van der Waals surface area contributed by atoms with Crippen LogP contribution in [0.1, 0.15) is 25.3 Å². The molecule has 0 bridgehead atoms. The molecule has 1 aliphatic heterocycles. The lowest BCUT2D eigenvalue weighted by Gasteiger charge is -2.20. The third-order valence-electron chi connectivity index (χ3n) is 6.51. The van der Waals surface area contributed by atoms with Crippen molar-refractivity contribution in [2.75, 3.05) is 30.6 Å². The third kappa shape index (κ3) is 5.57. The highest BCUT2D eigenvalue weighted by molar-refractivity contribution is 6.27. The number of anilines is 2. The van der Waals surface area contributed by atoms with Crippen molar-refractivity contribution in [1.82, 2.24) is 9.97 Å². The molecule has 0 aliphatic carbocycles. The number of hydrogen-bond donors (Lipinski definition) is 0. The first kappa shape index (κ1) is 28.5. The summed E-state index contributed by atoms with van der Waals surface area (Å²) in [5, 5.41) is 0.575. The van der Waals surface area contributed by atoms with Crippen LogP contribution in [0.2, 0.25) is 0 Å². The maximum absolute atomic E-state index is 13.3. The van der Waals surface area contributed by atoms with Crippen molar-refractivity contribution in [2.24, 2.45) is 0 Å². The molecular formula is C29H25F3N4O6. The number of halogens is 3. The van der Waals surface area contributed by atoms with Gasteiger partial charge < -0.3 is 18.9 Å². The van der Waals surface area contributed by atoms with Gasteiger partial charge in [-0.05, 0) is 47.9 Å². The van der Waals surface area contributed by atoms with Crippen molar-refractivity contribution >= 4 is 34.2 Å². The van der Waals surface area contributed by atoms with Crippen molar-refractivity contribution in [3.63, 3.8) is 0 Å². The number of hydrogen-bond acceptors (Lipinski definition) is 8. The predicted molar refractivity (Wildman–Crippen MR) is 147 cm³/mol. The Kier molecular flexibility index (Phi) is 7.50. The molecule has 3 aromatic carbocycles. The Morgan fingerprint density at radius 2 is 1.62 bits per heavy atom. The molecule has 13 heteroatoms. The number of carbonyl (C=O) groups is 2. The fourth-order valence-corrected chi connectivity index (χ4v) is 4.57. The summed E-state index contributed by atoms with van der Waals surface area (Å²) in [6, 6.07) is 12.4. The number of ether oxygens (including phenoxy) is 4. The van der Waals surface area contributed by atoms with E-state index in [4.69, 9.17) is 14.2 Å². The van der Waals surface area contributed by atoms with Crippen molar-refractivity contribution in [3.8, 4) is 28.9 Å². The second-order valence-electron chi connectivity index (χ2n) is 9.53. The van der Waals surface area contributed by atoms with Crippen LogP contribution in [0.4, 0.5) is 29.3 Å². The molecule has 0 saturated carbocycles. The van der Waals surface area contributed by atoms with E-state index in [0.717, 1.165) is 21.9 Å². The van der Waals surface area contributed by atoms with Gasteiger partial charge in [0.25, 0.3) is 5.91 Å². The summed E-state index contributed by atoms with van der Waals surface area (Å²) < 4.78 is 59.0. The first-order valence-electron chi connectivity index (χ1n) is 12.7. The van der Waals surface area contributed by atoms with Crippen LogP contribution in [0.25, 0.3) is 10.9 Å². The number of rotatable bonds is 8. The van der Waals surface area contributed by atoms with Gasteiger partial charge in [-0.15, -0.1) is 13.2 Å². The van der Waals surface area contributed by atoms with Crippen molar-refractivity contribution in [2.45, 2.75) is 26.1 Å². The second kappa shape index (κ2) is 11.1. The van der Waals surface area contributed by atoms with Crippen LogP contribution in [-0.4, -0.2) is 49.0 Å². The first-order chi connectivity index (χ1) is 20.0. The van der Waals surface area contributed by atoms with Gasteiger partial charge in [0, 0.05) is 17.8 Å². The quantitative estimate of drug-likeness (QED) is 0.219. The standard InChI is InChI=1S/C29H25F3N4O6/c1-16(2)20-11-18(36-26(37)14-35(28(36)38)17-6-5-7-19(10-17)42-29(30,31)32)8-9-23(20)41-27-21-12-24(39-3)25(40-4)13-22(21)33-15-34-27/h5-13,15-16H,14H2,1-4H3. The summed E-state index contributed by atoms with van der Waals surface area (Å²) in [4.78, 5) is 36.9. The molecule has 218 valence electrons. The molecule has 0 radical (unpaired) electrons. The SMILES string of the molecule is COc1cc2ncnc(Oc3ccc(N4C(=O)CN(c5cccc(OC(F)(F)F)c5)C4=O)cc3C(C)C)c2cc1OC. The van der Waals surface area contributed by atoms with Gasteiger partial charge in [0.05, 0.1) is 30.8 Å². The zero-order valence-corrected chi connectivity index (χ0v) is 22.9. The predicted octanol–water partition coefficient (Wildman–Crippen LogP) is 6.43. The average molecular weight is 583 g/mol. The highest BCUT2D eigenvalue weighted by Gasteiger charge is 2.39. The lowest BCUT2D eigenvalue weighted by molar-refractivity contribution is -0.274. The zero-order chi connectivity index (χ0) is 30.2. The Bertz CT molecular complexity index is 1680. The minimum absolute atomic E-state index is 0.0873. The van der Waals surface area contributed by atoms with Crippen LogP contribution in [0.5, 0.6) is 28.9 Å². The number of benzene rings is 3. The lowest BCUT2D eigenvalue weighted by atomic mass is 10.0. The summed E-state index contributed by atoms with van der Waals surface area (Å²) in [6.07, 6.45) is -3.54. The van der Waals surface area contributed by atoms with Crippen LogP contribution in [0.3, 0.4) is 0 Å². The van der Waals surface area contributed by atoms with Crippen LogP contribution >= 0.6 is 0 Å². The van der Waals surface area contributed by atoms with Gasteiger partial charge in [-0.25, -0.2) is 19.7 Å². The normalized spacial score (nSPS) is 13.7. The molecule has 0 unspecified atom stereocenters. The molecule has 0 atom stereocenters. The van der Waals surface area contributed by atoms with Crippen LogP contribution in [0, 0.1) is 0 Å². The molecule has 0 N–H and O–H groups in total. The Morgan fingerprint density at radius 3 is 2.31 bits per heavy atom. The molecule has 5 rings (SSSR count). The van der Waals surface area contributed by atoms with Gasteiger partial charge in [0.1, 0.15) is 24.4 Å². The number of amides is 3. The maximum atomic E-state index is 13.3. The van der Waals surface area contributed by atoms with E-state index in [1.165, 1.54) is 32.7 Å². The minimum Gasteiger partial charge on any atom is -0.493 e. The number of nitrogens with zero attached hydrogens (tertiary/aromatic N) is 4. The van der Waals surface area contributed by atoms with E-state index in [1.807, 2.05) is 13.8 Å². The molecule has 0 spiro atoms. The van der Waals surface area contributed by atoms with Gasteiger partial charge in [-0.3, -0.25) is 9.69 Å². The molecular weight excluding hydrogens is 557 g/mol. The number of methoxy groups -OCH3 is 2. The van der Waals surface area contributed by atoms with E-state index in [2.05, 4.69) is 14.7 Å². The van der Waals surface area contributed by atoms with Crippen LogP contribution in [-0.2, 0) is 4.79 Å². The number of aromatic nitrogens is 2. The highest BCUT2D eigenvalue weighted by atomic mass is 19.4. The van der Waals surface area contributed by atoms with E-state index in [1.54, 1.807) is 30.3 Å². The molecule has 1 aromatic heterocycles. The summed E-state index contributed by atoms with van der Waals surface area (Å²) in [6.45, 7) is 3.48. The Labute approximate surface area is 238 Å². The summed E-state index contributed by atoms with van der Waals surface area (Å²) >= 11 is 0. The van der Waals surface area contributed by atoms with Gasteiger partial charge in [0.2, 0.25) is 5.88 Å². The minimum atomic E-state index is -4.90. The molecule has 10 nitrogen and oxygen atoms in total. The van der Waals surface area contributed by atoms with E-state index in [-0.39, 0.29) is 29.7 Å². The number of urea groups is 1. The molecule has 1 saturated heterocycles. The summed E-state index contributed by atoms with van der Waals surface area (Å²) in [7, 11) is 3.03. The number of imide groups is 1. The summed E-state index contributed by atoms with van der Waals surface area (Å²) in [5.41, 5.74) is 1.62. The fourth-order valence-electron chi connectivity index (χ4n) is 4.57. The van der Waals surface area contributed by atoms with Gasteiger partial charge in [0.15, 0.2) is 11.5 Å². The van der Waals surface area contributed by atoms with E-state index < -0.39 is 24.1 Å². The van der Waals surface area contributed by atoms with E-state index >= 15 is 0 Å². The van der Waals surface area contributed by atoms with Gasteiger partial charge in [-0.2, -0.15) is 0 Å². The summed E-state index contributed by atoms with van der Waals surface area (Å²) in [5.74, 6) is 0.518. The molecule has 2 heterocycles. The van der Waals surface area contributed by atoms with Gasteiger partial charge in [-0.1, -0.05) is 19.9 Å². The topological polar surface area (TPSA) is 103 Å². The van der Waals surface area contributed by atoms with E-state index in [9.17, 15) is 22.8 Å². The Balaban J connectivity index is 1.46. The highest BCUT2D eigenvalue weighted by Crippen LogP contribution is 2.39. The smallest absolute Gasteiger partial charge is 0.493 e. The van der Waals surface area contributed by atoms with Crippen molar-refractivity contribution < 1.29 is 41.7 Å². The largest absolute Gasteiger partial charge is 0.573 e. The lowest BCUT2D eigenvalue weighted by Crippen LogP contribution is -2.33. The number of carbonyl (C=O) groups excluding carboxylic acids is 2. The third-order valence-corrected chi connectivity index (χ3v) is 6.51.